The lowest BCUT2D eigenvalue weighted by Crippen LogP contribution is -2.43. The Balaban J connectivity index is 1.29. The number of fused-ring (bicyclic) bond motifs is 9. The first-order valence-corrected chi connectivity index (χ1v) is 29.7. The molecule has 9 aromatic rings. The first-order valence-electron chi connectivity index (χ1n) is 23.9. The summed E-state index contributed by atoms with van der Waals surface area (Å²) in [4.78, 5) is 2.15. The fourth-order valence-corrected chi connectivity index (χ4v) is 22.0. The predicted molar refractivity (Wildman–Crippen MR) is 305 cm³/mol. The Kier molecular flexibility index (Phi) is 13.3. The van der Waals surface area contributed by atoms with Crippen LogP contribution in [0.25, 0.3) is 15.6 Å². The zero-order chi connectivity index (χ0) is 48.7. The summed E-state index contributed by atoms with van der Waals surface area (Å²) in [6, 6.07) is 88.4. The average Bonchev–Trinajstić information content (AvgIpc) is 3.44. The van der Waals surface area contributed by atoms with Gasteiger partial charge in [-0.1, -0.05) is 146 Å². The van der Waals surface area contributed by atoms with Gasteiger partial charge in [0.2, 0.25) is 0 Å². The lowest BCUT2D eigenvalue weighted by molar-refractivity contribution is 0.492. The van der Waals surface area contributed by atoms with Gasteiger partial charge in [-0.25, -0.2) is 31.3 Å². The van der Waals surface area contributed by atoms with E-state index in [4.69, 9.17) is 46.6 Å². The normalized spacial score (nSPS) is 17.9. The van der Waals surface area contributed by atoms with Gasteiger partial charge in [0.05, 0.1) is 23.9 Å². The van der Waals surface area contributed by atoms with E-state index >= 15 is 0 Å². The molecule has 0 N–H and O–H groups in total. The molecule has 0 atom stereocenters. The minimum absolute atomic E-state index is 0.563. The Labute approximate surface area is 423 Å². The third kappa shape index (κ3) is 9.45. The molecule has 0 saturated heterocycles. The van der Waals surface area contributed by atoms with Gasteiger partial charge >= 0.3 is 0 Å². The molecule has 0 radical (unpaired) electrons. The van der Waals surface area contributed by atoms with Gasteiger partial charge in [-0.2, -0.15) is 0 Å². The fourth-order valence-electron chi connectivity index (χ4n) is 10.2. The molecule has 72 heavy (non-hydrogen) atoms. The maximum atomic E-state index is 5.66. The maximum absolute atomic E-state index is 5.66. The van der Waals surface area contributed by atoms with Crippen molar-refractivity contribution >= 4 is 88.2 Å². The maximum Gasteiger partial charge on any atom is 0.127 e. The average molecular weight is 993 g/mol. The smallest absolute Gasteiger partial charge is 0.127 e. The Hall–Kier alpha value is -7.73. The van der Waals surface area contributed by atoms with Gasteiger partial charge in [0.1, 0.15) is 54.1 Å². The Morgan fingerprint density at radius 1 is 0.319 bits per heavy atom. The molecule has 0 aromatic heterocycles. The summed E-state index contributed by atoms with van der Waals surface area (Å²) >= 11 is 0. The van der Waals surface area contributed by atoms with E-state index in [-0.39, 0.29) is 0 Å². The van der Waals surface area contributed by atoms with Crippen molar-refractivity contribution in [2.45, 2.75) is 6.92 Å². The molecule has 9 aromatic carbocycles. The second-order valence-corrected chi connectivity index (χ2v) is 27.5. The summed E-state index contributed by atoms with van der Waals surface area (Å²) in [5.74, 6) is 0. The minimum atomic E-state index is -2.96. The van der Waals surface area contributed by atoms with Crippen molar-refractivity contribution in [3.05, 3.63) is 270 Å². The van der Waals surface area contributed by atoms with Crippen LogP contribution >= 0.6 is 22.2 Å². The van der Waals surface area contributed by atoms with Crippen LogP contribution in [0, 0.1) is 5.41 Å². The second kappa shape index (κ2) is 20.5. The highest BCUT2D eigenvalue weighted by Crippen LogP contribution is 2.75. The van der Waals surface area contributed by atoms with Gasteiger partial charge in [0, 0.05) is 17.1 Å². The van der Waals surface area contributed by atoms with Crippen molar-refractivity contribution in [2.75, 3.05) is 23.4 Å². The first kappa shape index (κ1) is 46.6. The molecular formula is C59H51N10P3. The van der Waals surface area contributed by atoms with Crippen molar-refractivity contribution in [3.63, 3.8) is 0 Å². The lowest BCUT2D eigenvalue weighted by Gasteiger charge is -2.44. The van der Waals surface area contributed by atoms with Crippen LogP contribution in [0.15, 0.2) is 286 Å². The molecule has 0 spiro atoms. The zero-order valence-electron chi connectivity index (χ0n) is 39.7. The molecule has 0 saturated carbocycles. The van der Waals surface area contributed by atoms with Gasteiger partial charge in [-0.15, -0.1) is 0 Å². The highest BCUT2D eigenvalue weighted by molar-refractivity contribution is 7.93. The number of hydrogen-bond donors (Lipinski definition) is 0. The number of anilines is 3. The monoisotopic (exact) mass is 992 g/mol. The van der Waals surface area contributed by atoms with Gasteiger partial charge < -0.3 is 20.2 Å². The van der Waals surface area contributed by atoms with E-state index in [0.717, 1.165) is 48.9 Å². The van der Waals surface area contributed by atoms with Gasteiger partial charge in [-0.05, 0) is 133 Å². The lowest BCUT2D eigenvalue weighted by atomic mass is 9.99. The molecule has 0 unspecified atom stereocenters. The van der Waals surface area contributed by atoms with Crippen LogP contribution in [0.1, 0.15) is 6.92 Å². The SMILES string of the molecule is CC12C[P+](c3ccccc3)(c3ccccc3)[N-]N=Nc3cccc(c3)N(c3cccc(c3)N=N[N-][P+](c3ccccc3)(c3ccccc3)C1)c1cccc(c1)N=N[N-][P+](c1ccccc1)(c1ccccc1)C2. The number of benzene rings is 9. The van der Waals surface area contributed by atoms with Crippen LogP contribution in [0.5, 0.6) is 0 Å². The summed E-state index contributed by atoms with van der Waals surface area (Å²) in [6.07, 6.45) is 1.69. The topological polar surface area (TPSA) is 120 Å². The number of nitrogens with zero attached hydrogens (tertiary/aromatic N) is 10. The second-order valence-electron chi connectivity index (χ2n) is 18.3. The summed E-state index contributed by atoms with van der Waals surface area (Å²) < 4.78 is 0. The van der Waals surface area contributed by atoms with Crippen LogP contribution in [-0.4, -0.2) is 18.5 Å². The zero-order valence-corrected chi connectivity index (χ0v) is 42.4. The van der Waals surface area contributed by atoms with E-state index in [1.165, 1.54) is 0 Å². The summed E-state index contributed by atoms with van der Waals surface area (Å²) in [5.41, 5.74) is 3.83. The van der Waals surface area contributed by atoms with E-state index in [2.05, 4.69) is 212 Å². The van der Waals surface area contributed by atoms with Crippen molar-refractivity contribution in [2.24, 2.45) is 36.4 Å². The molecule has 13 heteroatoms. The standard InChI is InChI=1S/C59H51N10P3/c1-59-44-70(53-29-8-2-9-30-53,54-31-10-3-11-32-54)66-63-60-47-23-20-26-50(41-47)69(51-27-21-24-48(42-51)61-64-67-71(45-59,55-33-12-4-13-34-55)56-35-14-5-15-36-56)52-28-22-25-49(43-52)62-65-68-72(46-59,57-37-16-6-17-38-57)58-39-18-7-19-40-58/h2-43H,44-46H2,1H3. The van der Waals surface area contributed by atoms with Crippen molar-refractivity contribution in [1.29, 1.82) is 0 Å². The Bertz CT molecular complexity index is 2870. The van der Waals surface area contributed by atoms with Crippen LogP contribution < -0.4 is 36.7 Å². The van der Waals surface area contributed by atoms with Gasteiger partial charge in [0.25, 0.3) is 0 Å². The molecule has 10 nitrogen and oxygen atoms in total. The molecule has 8 bridgehead atoms. The van der Waals surface area contributed by atoms with E-state index in [1.54, 1.807) is 0 Å². The van der Waals surface area contributed by atoms with E-state index < -0.39 is 27.7 Å². The predicted octanol–water partition coefficient (Wildman–Crippen LogP) is 16.1. The van der Waals surface area contributed by atoms with E-state index in [1.807, 2.05) is 54.6 Å². The number of hydrogen-bond acceptors (Lipinski definition) is 7. The molecule has 352 valence electrons. The summed E-state index contributed by atoms with van der Waals surface area (Å²) in [5, 5.41) is 53.5. The molecule has 3 aliphatic heterocycles. The summed E-state index contributed by atoms with van der Waals surface area (Å²) in [6.45, 7) is 2.42. The van der Waals surface area contributed by atoms with E-state index in [9.17, 15) is 0 Å². The van der Waals surface area contributed by atoms with Crippen molar-refractivity contribution in [1.82, 2.24) is 0 Å². The molecule has 12 rings (SSSR count). The molecule has 3 heterocycles. The molecule has 0 aliphatic carbocycles. The molecular weight excluding hydrogens is 942 g/mol. The minimum Gasteiger partial charge on any atom is -0.348 e. The largest absolute Gasteiger partial charge is 0.348 e. The van der Waals surface area contributed by atoms with Gasteiger partial charge in [-0.3, -0.25) is 0 Å². The summed E-state index contributed by atoms with van der Waals surface area (Å²) in [7, 11) is -8.87. The van der Waals surface area contributed by atoms with Crippen LogP contribution in [0.4, 0.5) is 34.1 Å². The molecule has 3 aliphatic rings. The number of rotatable bonds is 6. The van der Waals surface area contributed by atoms with E-state index in [0.29, 0.717) is 35.5 Å². The third-order valence-electron chi connectivity index (χ3n) is 13.3. The van der Waals surface area contributed by atoms with Crippen LogP contribution in [0.3, 0.4) is 0 Å². The fraction of sp³-hybridized carbons (Fsp3) is 0.0847. The first-order chi connectivity index (χ1) is 35.4. The third-order valence-corrected chi connectivity index (χ3v) is 25.0. The van der Waals surface area contributed by atoms with Crippen LogP contribution in [0.2, 0.25) is 0 Å². The van der Waals surface area contributed by atoms with Crippen LogP contribution in [-0.2, 0) is 0 Å². The molecule has 0 fully saturated rings. The Morgan fingerprint density at radius 2 is 0.556 bits per heavy atom. The highest BCUT2D eigenvalue weighted by Gasteiger charge is 2.59. The van der Waals surface area contributed by atoms with Crippen molar-refractivity contribution in [3.8, 4) is 0 Å². The van der Waals surface area contributed by atoms with Crippen molar-refractivity contribution < 1.29 is 0 Å². The van der Waals surface area contributed by atoms with Gasteiger partial charge in [0.15, 0.2) is 0 Å². The quantitative estimate of drug-likeness (QED) is 0.151. The molecule has 0 amide bonds. The Morgan fingerprint density at radius 3 is 0.792 bits per heavy atom. The highest BCUT2D eigenvalue weighted by atomic mass is 31.2.